The molecule has 9 heteroatoms. The molecule has 0 saturated heterocycles. The molecule has 0 aliphatic heterocycles. The molecule has 6 heterocycles. The van der Waals surface area contributed by atoms with E-state index < -0.39 is 0 Å². The molecule has 0 fully saturated rings. The number of nitrogens with one attached hydrogen (secondary N) is 2. The van der Waals surface area contributed by atoms with Crippen molar-refractivity contribution < 1.29 is 4.79 Å². The lowest BCUT2D eigenvalue weighted by Gasteiger charge is -2.09. The van der Waals surface area contributed by atoms with Gasteiger partial charge in [-0.2, -0.15) is 5.10 Å². The SMILES string of the molecule is CC(C)CC(=O)n1c2cncc(c2)c2cnc3[nH]nc(c4nc5c(cccc5c5ccc1s5)[nH]4)c3c2. The van der Waals surface area contributed by atoms with E-state index in [0.717, 1.165) is 47.6 Å². The maximum atomic E-state index is 13.5. The highest BCUT2D eigenvalue weighted by atomic mass is 32.1. The Bertz CT molecular complexity index is 2040. The highest BCUT2D eigenvalue weighted by molar-refractivity contribution is 7.24. The summed E-state index contributed by atoms with van der Waals surface area (Å²) in [6.07, 6.45) is 5.77. The van der Waals surface area contributed by atoms with Crippen molar-refractivity contribution in [3.8, 4) is 0 Å². The van der Waals surface area contributed by atoms with Gasteiger partial charge < -0.3 is 4.98 Å². The van der Waals surface area contributed by atoms with Gasteiger partial charge in [-0.3, -0.25) is 19.4 Å². The van der Waals surface area contributed by atoms with Crippen molar-refractivity contribution in [2.24, 2.45) is 5.92 Å². The number of carbonyl (C=O) groups excluding carboxylic acids is 1. The first-order chi connectivity index (χ1) is 17.5. The summed E-state index contributed by atoms with van der Waals surface area (Å²) in [5.41, 5.74) is 4.58. The number of aromatic nitrogens is 7. The summed E-state index contributed by atoms with van der Waals surface area (Å²) in [5.74, 6) is 0.264. The zero-order chi connectivity index (χ0) is 24.4. The summed E-state index contributed by atoms with van der Waals surface area (Å²) < 4.78 is 2.82. The van der Waals surface area contributed by atoms with Crippen LogP contribution >= 0.6 is 11.3 Å². The van der Waals surface area contributed by atoms with Gasteiger partial charge in [-0.05, 0) is 36.2 Å². The second-order valence-electron chi connectivity index (χ2n) is 9.38. The Labute approximate surface area is 208 Å². The number of pyridine rings is 2. The summed E-state index contributed by atoms with van der Waals surface area (Å²) in [6.45, 7) is 4.11. The number of rotatable bonds is 2. The van der Waals surface area contributed by atoms with Gasteiger partial charge in [-0.25, -0.2) is 9.97 Å². The minimum Gasteiger partial charge on any atom is -0.337 e. The van der Waals surface area contributed by atoms with Crippen LogP contribution in [0, 0.1) is 5.92 Å². The molecule has 6 aromatic heterocycles. The third kappa shape index (κ3) is 3.24. The molecule has 0 unspecified atom stereocenters. The first-order valence-electron chi connectivity index (χ1n) is 11.8. The van der Waals surface area contributed by atoms with Gasteiger partial charge in [0, 0.05) is 39.7 Å². The van der Waals surface area contributed by atoms with E-state index in [0.29, 0.717) is 23.2 Å². The fourth-order valence-corrected chi connectivity index (χ4v) is 5.79. The molecule has 36 heavy (non-hydrogen) atoms. The summed E-state index contributed by atoms with van der Waals surface area (Å²) >= 11 is 1.57. The number of hydrogen-bond donors (Lipinski definition) is 2. The molecule has 1 aromatic carbocycles. The number of fused-ring (bicyclic) bond motifs is 9. The van der Waals surface area contributed by atoms with Crippen molar-refractivity contribution in [3.05, 3.63) is 61.1 Å². The second kappa shape index (κ2) is 7.82. The summed E-state index contributed by atoms with van der Waals surface area (Å²) in [5, 5.41) is 11.2. The molecule has 0 atom stereocenters. The number of hydrogen-bond acceptors (Lipinski definition) is 6. The lowest BCUT2D eigenvalue weighted by molar-refractivity contribution is 0.0897. The number of para-hydroxylation sites is 1. The Morgan fingerprint density at radius 2 is 1.89 bits per heavy atom. The first-order valence-corrected chi connectivity index (χ1v) is 12.6. The number of H-pyrrole nitrogens is 2. The number of aromatic amines is 2. The van der Waals surface area contributed by atoms with Gasteiger partial charge in [0.1, 0.15) is 10.3 Å². The molecular formula is C27H21N7OS. The van der Waals surface area contributed by atoms with Crippen LogP contribution in [0.2, 0.25) is 0 Å². The summed E-state index contributed by atoms with van der Waals surface area (Å²) in [7, 11) is 0. The lowest BCUT2D eigenvalue weighted by atomic mass is 10.1. The Kier molecular flexibility index (Phi) is 4.55. The van der Waals surface area contributed by atoms with Crippen LogP contribution in [0.3, 0.4) is 0 Å². The van der Waals surface area contributed by atoms with Crippen LogP contribution in [0.4, 0.5) is 0 Å². The molecule has 0 radical (unpaired) electrons. The molecule has 0 spiro atoms. The molecule has 7 aromatic rings. The predicted molar refractivity (Wildman–Crippen MR) is 145 cm³/mol. The first kappa shape index (κ1) is 21.0. The fraction of sp³-hybridized carbons (Fsp3) is 0.148. The number of thiophene rings is 1. The van der Waals surface area contributed by atoms with Crippen LogP contribution in [0.1, 0.15) is 25.1 Å². The van der Waals surface area contributed by atoms with Gasteiger partial charge in [0.2, 0.25) is 5.91 Å². The number of nitrogens with zero attached hydrogens (tertiary/aromatic N) is 5. The Hall–Kier alpha value is -4.37. The van der Waals surface area contributed by atoms with Crippen molar-refractivity contribution in [1.82, 2.24) is 34.7 Å². The van der Waals surface area contributed by atoms with Crippen molar-refractivity contribution in [3.63, 3.8) is 0 Å². The fourth-order valence-electron chi connectivity index (χ4n) is 4.72. The van der Waals surface area contributed by atoms with Crippen molar-refractivity contribution in [1.29, 1.82) is 0 Å². The molecule has 176 valence electrons. The number of benzene rings is 1. The molecule has 0 amide bonds. The van der Waals surface area contributed by atoms with E-state index in [1.165, 1.54) is 0 Å². The molecule has 2 N–H and O–H groups in total. The minimum atomic E-state index is 0.0348. The maximum Gasteiger partial charge on any atom is 0.232 e. The molecule has 8 nitrogen and oxygen atoms in total. The average Bonchev–Trinajstić information content (AvgIpc) is 3.60. The largest absolute Gasteiger partial charge is 0.337 e. The molecule has 0 aliphatic rings. The quantitative estimate of drug-likeness (QED) is 0.287. The Morgan fingerprint density at radius 3 is 2.78 bits per heavy atom. The van der Waals surface area contributed by atoms with Crippen LogP contribution in [0.5, 0.6) is 0 Å². The van der Waals surface area contributed by atoms with Gasteiger partial charge in [-0.15, -0.1) is 11.3 Å². The van der Waals surface area contributed by atoms with Crippen molar-refractivity contribution in [2.75, 3.05) is 0 Å². The minimum absolute atomic E-state index is 0.0348. The zero-order valence-electron chi connectivity index (χ0n) is 19.6. The molecule has 7 rings (SSSR count). The number of carbonyl (C=O) groups is 1. The van der Waals surface area contributed by atoms with E-state index in [1.54, 1.807) is 34.5 Å². The van der Waals surface area contributed by atoms with Crippen LogP contribution in [-0.4, -0.2) is 40.6 Å². The summed E-state index contributed by atoms with van der Waals surface area (Å²) in [4.78, 5) is 31.9. The van der Waals surface area contributed by atoms with Gasteiger partial charge >= 0.3 is 0 Å². The normalized spacial score (nSPS) is 12.1. The smallest absolute Gasteiger partial charge is 0.232 e. The third-order valence-electron chi connectivity index (χ3n) is 6.38. The van der Waals surface area contributed by atoms with E-state index in [2.05, 4.69) is 51.1 Å². The van der Waals surface area contributed by atoms with E-state index in [1.807, 2.05) is 30.3 Å². The van der Waals surface area contributed by atoms with Gasteiger partial charge in [-0.1, -0.05) is 26.0 Å². The van der Waals surface area contributed by atoms with Gasteiger partial charge in [0.25, 0.3) is 0 Å². The van der Waals surface area contributed by atoms with E-state index in [-0.39, 0.29) is 11.8 Å². The van der Waals surface area contributed by atoms with Gasteiger partial charge in [0.15, 0.2) is 11.3 Å². The molecule has 0 aliphatic carbocycles. The zero-order valence-corrected chi connectivity index (χ0v) is 20.4. The Balaban J connectivity index is 1.73. The van der Waals surface area contributed by atoms with Crippen LogP contribution in [0.25, 0.3) is 64.4 Å². The van der Waals surface area contributed by atoms with Crippen molar-refractivity contribution in [2.45, 2.75) is 20.3 Å². The second-order valence-corrected chi connectivity index (χ2v) is 10.4. The Morgan fingerprint density at radius 1 is 1.00 bits per heavy atom. The van der Waals surface area contributed by atoms with E-state index in [4.69, 9.17) is 4.98 Å². The van der Waals surface area contributed by atoms with Crippen LogP contribution < -0.4 is 0 Å². The predicted octanol–water partition coefficient (Wildman–Crippen LogP) is 6.52. The van der Waals surface area contributed by atoms with Crippen LogP contribution in [0.15, 0.2) is 61.1 Å². The standard InChI is InChI=1S/C27H21N7OS/c1-14(2)8-22(35)34-17-9-15(11-28-13-17)16-10-19-25(32-33-26(19)29-12-16)27-30-20-5-3-4-18(24(20)31-27)21-6-7-23(34)36-21/h3-7,9-14H,8H2,1-2H3,(H,30,31)(H,29,32,33). The average molecular weight is 492 g/mol. The van der Waals surface area contributed by atoms with Crippen molar-refractivity contribution >= 4 is 81.7 Å². The van der Waals surface area contributed by atoms with Crippen LogP contribution in [-0.2, 0) is 0 Å². The highest BCUT2D eigenvalue weighted by Crippen LogP contribution is 2.30. The number of imidazole rings is 1. The summed E-state index contributed by atoms with van der Waals surface area (Å²) in [6, 6.07) is 14.2. The molecule has 0 saturated carbocycles. The van der Waals surface area contributed by atoms with E-state index in [9.17, 15) is 4.79 Å². The van der Waals surface area contributed by atoms with E-state index >= 15 is 0 Å². The highest BCUT2D eigenvalue weighted by Gasteiger charge is 2.14. The lowest BCUT2D eigenvalue weighted by Crippen LogP contribution is -2.13. The topological polar surface area (TPSA) is 105 Å². The maximum absolute atomic E-state index is 13.5. The van der Waals surface area contributed by atoms with Gasteiger partial charge in [0.05, 0.1) is 28.1 Å². The third-order valence-corrected chi connectivity index (χ3v) is 7.48. The molecule has 8 bridgehead atoms. The monoisotopic (exact) mass is 491 g/mol. The molecular weight excluding hydrogens is 470 g/mol.